The van der Waals surface area contributed by atoms with Gasteiger partial charge in [0.05, 0.1) is 11.1 Å². The number of anilines is 1. The summed E-state index contributed by atoms with van der Waals surface area (Å²) in [5.74, 6) is -4.64. The first kappa shape index (κ1) is 24.6. The van der Waals surface area contributed by atoms with Gasteiger partial charge < -0.3 is 10.4 Å². The molecule has 30 heavy (non-hydrogen) atoms. The molecule has 2 aromatic carbocycles. The van der Waals surface area contributed by atoms with Crippen LogP contribution in [0.2, 0.25) is 5.02 Å². The molecular formula is C22H25ClF3NO2S. The van der Waals surface area contributed by atoms with Crippen molar-refractivity contribution in [2.45, 2.75) is 56.3 Å². The Morgan fingerprint density at radius 3 is 2.37 bits per heavy atom. The van der Waals surface area contributed by atoms with Crippen LogP contribution in [-0.2, 0) is 0 Å². The molecule has 0 fully saturated rings. The van der Waals surface area contributed by atoms with E-state index in [4.69, 9.17) is 11.6 Å². The third-order valence-corrected chi connectivity index (χ3v) is 6.66. The van der Waals surface area contributed by atoms with Gasteiger partial charge in [-0.3, -0.25) is 4.79 Å². The molecule has 0 radical (unpaired) electrons. The summed E-state index contributed by atoms with van der Waals surface area (Å²) in [6, 6.07) is 6.11. The van der Waals surface area contributed by atoms with Gasteiger partial charge in [-0.15, -0.1) is 11.8 Å². The zero-order valence-electron chi connectivity index (χ0n) is 17.0. The van der Waals surface area contributed by atoms with Gasteiger partial charge in [0.2, 0.25) is 0 Å². The smallest absolute Gasteiger partial charge is 0.255 e. The molecule has 8 heteroatoms. The normalized spacial score (nSPS) is 14.3. The van der Waals surface area contributed by atoms with Crippen LogP contribution in [0.4, 0.5) is 18.9 Å². The molecule has 0 saturated carbocycles. The van der Waals surface area contributed by atoms with E-state index in [0.29, 0.717) is 34.4 Å². The van der Waals surface area contributed by atoms with E-state index < -0.39 is 29.5 Å². The lowest BCUT2D eigenvalue weighted by atomic mass is 9.98. The fourth-order valence-electron chi connectivity index (χ4n) is 3.10. The summed E-state index contributed by atoms with van der Waals surface area (Å²) in [4.78, 5) is 13.2. The molecule has 0 spiro atoms. The second-order valence-electron chi connectivity index (χ2n) is 7.36. The average Bonchev–Trinajstić information content (AvgIpc) is 2.66. The molecule has 0 bridgehead atoms. The van der Waals surface area contributed by atoms with Gasteiger partial charge in [-0.25, -0.2) is 13.2 Å². The van der Waals surface area contributed by atoms with E-state index >= 15 is 0 Å². The maximum Gasteiger partial charge on any atom is 0.255 e. The van der Waals surface area contributed by atoms with Crippen molar-refractivity contribution in [3.8, 4) is 0 Å². The lowest BCUT2D eigenvalue weighted by Gasteiger charge is -2.25. The molecule has 1 amide bonds. The molecule has 2 aromatic rings. The van der Waals surface area contributed by atoms with Crippen LogP contribution in [0.1, 0.15) is 50.4 Å². The van der Waals surface area contributed by atoms with Gasteiger partial charge in [0, 0.05) is 33.5 Å². The van der Waals surface area contributed by atoms with Crippen molar-refractivity contribution in [3.05, 3.63) is 58.4 Å². The maximum absolute atomic E-state index is 13.4. The van der Waals surface area contributed by atoms with Crippen molar-refractivity contribution >= 4 is 35.0 Å². The number of aliphatic hydroxyl groups is 1. The number of halogens is 4. The fraction of sp³-hybridized carbons (Fsp3) is 0.409. The summed E-state index contributed by atoms with van der Waals surface area (Å²) < 4.78 is 39.9. The van der Waals surface area contributed by atoms with Crippen molar-refractivity contribution in [2.24, 2.45) is 5.92 Å². The molecule has 2 N–H and O–H groups in total. The number of nitrogens with one attached hydrogen (secondary N) is 1. The van der Waals surface area contributed by atoms with Crippen LogP contribution in [0.25, 0.3) is 0 Å². The van der Waals surface area contributed by atoms with E-state index in [1.807, 2.05) is 0 Å². The molecule has 3 unspecified atom stereocenters. The molecule has 0 aliphatic carbocycles. The van der Waals surface area contributed by atoms with Crippen LogP contribution in [-0.4, -0.2) is 22.4 Å². The Morgan fingerprint density at radius 1 is 1.17 bits per heavy atom. The molecule has 2 rings (SSSR count). The number of carbonyl (C=O) groups is 1. The number of aliphatic hydroxyl groups excluding tert-OH is 1. The first-order valence-corrected chi connectivity index (χ1v) is 11.0. The van der Waals surface area contributed by atoms with Gasteiger partial charge >= 0.3 is 0 Å². The second kappa shape index (κ2) is 11.1. The third kappa shape index (κ3) is 6.65. The minimum atomic E-state index is -1.59. The Bertz CT molecular complexity index is 872. The largest absolute Gasteiger partial charge is 0.393 e. The quantitative estimate of drug-likeness (QED) is 0.325. The highest BCUT2D eigenvalue weighted by atomic mass is 35.5. The SMILES string of the molecule is CCCC(C)C(CC(C)O)Sc1cc(C(=O)Nc2cc(F)c(F)c(F)c2)ccc1Cl. The zero-order valence-corrected chi connectivity index (χ0v) is 18.6. The summed E-state index contributed by atoms with van der Waals surface area (Å²) in [6.07, 6.45) is 2.10. The van der Waals surface area contributed by atoms with Crippen molar-refractivity contribution in [1.82, 2.24) is 0 Å². The molecule has 0 heterocycles. The van der Waals surface area contributed by atoms with Gasteiger partial charge in [0.1, 0.15) is 0 Å². The Hall–Kier alpha value is -1.70. The summed E-state index contributed by atoms with van der Waals surface area (Å²) >= 11 is 7.82. The van der Waals surface area contributed by atoms with Crippen LogP contribution in [0.5, 0.6) is 0 Å². The minimum Gasteiger partial charge on any atom is -0.393 e. The number of carbonyl (C=O) groups excluding carboxylic acids is 1. The molecular weight excluding hydrogens is 435 g/mol. The van der Waals surface area contributed by atoms with Crippen molar-refractivity contribution < 1.29 is 23.1 Å². The van der Waals surface area contributed by atoms with E-state index in [9.17, 15) is 23.1 Å². The van der Waals surface area contributed by atoms with E-state index in [-0.39, 0.29) is 16.5 Å². The fourth-order valence-corrected chi connectivity index (χ4v) is 4.80. The standard InChI is InChI=1S/C22H25ClF3NO2S/c1-4-5-12(2)19(8-13(3)28)30-20-9-14(6-7-16(20)23)22(29)27-15-10-17(24)21(26)18(25)11-15/h6-7,9-13,19,28H,4-5,8H2,1-3H3,(H,27,29). The maximum atomic E-state index is 13.4. The number of benzene rings is 2. The van der Waals surface area contributed by atoms with E-state index in [1.165, 1.54) is 17.8 Å². The lowest BCUT2D eigenvalue weighted by molar-refractivity contribution is 0.102. The van der Waals surface area contributed by atoms with Gasteiger partial charge in [0.15, 0.2) is 17.5 Å². The minimum absolute atomic E-state index is 0.0982. The Balaban J connectivity index is 2.23. The Kier molecular flexibility index (Phi) is 9.07. The van der Waals surface area contributed by atoms with Gasteiger partial charge in [-0.1, -0.05) is 31.9 Å². The molecule has 0 aliphatic rings. The first-order valence-electron chi connectivity index (χ1n) is 9.72. The van der Waals surface area contributed by atoms with E-state index in [0.717, 1.165) is 12.8 Å². The highest BCUT2D eigenvalue weighted by Crippen LogP contribution is 2.37. The number of hydrogen-bond acceptors (Lipinski definition) is 3. The highest BCUT2D eigenvalue weighted by Gasteiger charge is 2.22. The second-order valence-corrected chi connectivity index (χ2v) is 9.05. The van der Waals surface area contributed by atoms with Crippen LogP contribution < -0.4 is 5.32 Å². The molecule has 3 nitrogen and oxygen atoms in total. The molecule has 0 aromatic heterocycles. The number of amides is 1. The van der Waals surface area contributed by atoms with Crippen molar-refractivity contribution in [3.63, 3.8) is 0 Å². The third-order valence-electron chi connectivity index (χ3n) is 4.67. The van der Waals surface area contributed by atoms with Gasteiger partial charge in [0.25, 0.3) is 5.91 Å². The Morgan fingerprint density at radius 2 is 1.80 bits per heavy atom. The topological polar surface area (TPSA) is 49.3 Å². The average molecular weight is 460 g/mol. The molecule has 0 aliphatic heterocycles. The number of hydrogen-bond donors (Lipinski definition) is 2. The van der Waals surface area contributed by atoms with Crippen molar-refractivity contribution in [1.29, 1.82) is 0 Å². The van der Waals surface area contributed by atoms with Gasteiger partial charge in [-0.2, -0.15) is 0 Å². The predicted octanol–water partition coefficient (Wildman–Crippen LogP) is 6.68. The van der Waals surface area contributed by atoms with Gasteiger partial charge in [-0.05, 0) is 43.9 Å². The van der Waals surface area contributed by atoms with Crippen LogP contribution in [0, 0.1) is 23.4 Å². The summed E-state index contributed by atoms with van der Waals surface area (Å²) in [7, 11) is 0. The van der Waals surface area contributed by atoms with Crippen LogP contribution >= 0.6 is 23.4 Å². The molecule has 0 saturated heterocycles. The molecule has 3 atom stereocenters. The summed E-state index contributed by atoms with van der Waals surface area (Å²) in [5.41, 5.74) is 0.0510. The zero-order chi connectivity index (χ0) is 22.4. The molecule has 164 valence electrons. The number of rotatable bonds is 9. The summed E-state index contributed by atoms with van der Waals surface area (Å²) in [5, 5.41) is 12.8. The van der Waals surface area contributed by atoms with E-state index in [1.54, 1.807) is 19.1 Å². The number of thioether (sulfide) groups is 1. The van der Waals surface area contributed by atoms with E-state index in [2.05, 4.69) is 19.2 Å². The van der Waals surface area contributed by atoms with Crippen molar-refractivity contribution in [2.75, 3.05) is 5.32 Å². The lowest BCUT2D eigenvalue weighted by Crippen LogP contribution is -2.20. The first-order chi connectivity index (χ1) is 14.1. The van der Waals surface area contributed by atoms with Crippen LogP contribution in [0.3, 0.4) is 0 Å². The summed E-state index contributed by atoms with van der Waals surface area (Å²) in [6.45, 7) is 5.95. The predicted molar refractivity (Wildman–Crippen MR) is 116 cm³/mol. The van der Waals surface area contributed by atoms with Crippen LogP contribution in [0.15, 0.2) is 35.2 Å². The Labute approximate surface area is 184 Å². The monoisotopic (exact) mass is 459 g/mol. The highest BCUT2D eigenvalue weighted by molar-refractivity contribution is 8.00.